The first-order valence-corrected chi connectivity index (χ1v) is 9.02. The Morgan fingerprint density at radius 2 is 1.75 bits per heavy atom. The largest absolute Gasteiger partial charge is 0.497 e. The molecule has 0 spiro atoms. The molecule has 1 aromatic carbocycles. The Morgan fingerprint density at radius 1 is 1.08 bits per heavy atom. The Labute approximate surface area is 140 Å². The molecule has 1 fully saturated rings. The number of nitrogens with zero attached hydrogens (tertiary/aromatic N) is 2. The predicted molar refractivity (Wildman–Crippen MR) is 88.4 cm³/mol. The highest BCUT2D eigenvalue weighted by Gasteiger charge is 2.30. The van der Waals surface area contributed by atoms with Crippen LogP contribution in [0.5, 0.6) is 5.75 Å². The van der Waals surface area contributed by atoms with Crippen molar-refractivity contribution in [3.05, 3.63) is 48.3 Å². The quantitative estimate of drug-likeness (QED) is 0.898. The molecule has 7 nitrogen and oxygen atoms in total. The number of hydrogen-bond acceptors (Lipinski definition) is 4. The van der Waals surface area contributed by atoms with Gasteiger partial charge in [-0.3, -0.25) is 4.79 Å². The average molecular weight is 349 g/mol. The van der Waals surface area contributed by atoms with E-state index in [1.807, 2.05) is 0 Å². The molecule has 2 aromatic rings. The third kappa shape index (κ3) is 3.15. The van der Waals surface area contributed by atoms with Gasteiger partial charge in [-0.05, 0) is 30.3 Å². The zero-order chi connectivity index (χ0) is 17.2. The average Bonchev–Trinajstić information content (AvgIpc) is 3.16. The number of nitrogens with one attached hydrogen (secondary N) is 1. The number of aromatic amines is 1. The smallest absolute Gasteiger partial charge is 0.255 e. The van der Waals surface area contributed by atoms with Crippen molar-refractivity contribution in [2.24, 2.45) is 0 Å². The fourth-order valence-corrected chi connectivity index (χ4v) is 4.09. The van der Waals surface area contributed by atoms with Crippen LogP contribution in [0.4, 0.5) is 0 Å². The third-order valence-corrected chi connectivity index (χ3v) is 5.98. The number of H-pyrrole nitrogens is 1. The van der Waals surface area contributed by atoms with Gasteiger partial charge in [-0.15, -0.1) is 0 Å². The minimum absolute atomic E-state index is 0.0854. The highest BCUT2D eigenvalue weighted by Crippen LogP contribution is 2.21. The summed E-state index contributed by atoms with van der Waals surface area (Å²) in [5.74, 6) is 0.522. The van der Waals surface area contributed by atoms with Gasteiger partial charge in [-0.25, -0.2) is 8.42 Å². The normalized spacial score (nSPS) is 16.1. The van der Waals surface area contributed by atoms with Gasteiger partial charge in [0.1, 0.15) is 5.75 Å². The molecule has 1 aliphatic heterocycles. The molecule has 1 saturated heterocycles. The van der Waals surface area contributed by atoms with Crippen molar-refractivity contribution in [3.8, 4) is 5.75 Å². The molecule has 0 bridgehead atoms. The molecule has 0 unspecified atom stereocenters. The van der Waals surface area contributed by atoms with E-state index >= 15 is 0 Å². The van der Waals surface area contributed by atoms with Crippen LogP contribution >= 0.6 is 0 Å². The zero-order valence-electron chi connectivity index (χ0n) is 13.3. The lowest BCUT2D eigenvalue weighted by atomic mass is 10.2. The lowest BCUT2D eigenvalue weighted by molar-refractivity contribution is 0.0698. The molecule has 128 valence electrons. The van der Waals surface area contributed by atoms with Crippen molar-refractivity contribution >= 4 is 15.9 Å². The Morgan fingerprint density at radius 3 is 2.29 bits per heavy atom. The molecule has 1 aromatic heterocycles. The highest BCUT2D eigenvalue weighted by atomic mass is 32.2. The van der Waals surface area contributed by atoms with Crippen molar-refractivity contribution in [1.29, 1.82) is 0 Å². The molecule has 1 aliphatic rings. The van der Waals surface area contributed by atoms with Crippen LogP contribution in [-0.2, 0) is 10.0 Å². The van der Waals surface area contributed by atoms with Gasteiger partial charge in [0.15, 0.2) is 0 Å². The number of amides is 1. The number of ether oxygens (including phenoxy) is 1. The summed E-state index contributed by atoms with van der Waals surface area (Å²) in [7, 11) is -2.02. The Hall–Kier alpha value is -2.32. The van der Waals surface area contributed by atoms with E-state index in [4.69, 9.17) is 4.74 Å². The number of piperazine rings is 1. The Kier molecular flexibility index (Phi) is 4.59. The SMILES string of the molecule is COc1ccc(S(=O)(=O)N2CCN(C(=O)c3cc[nH]c3)CC2)cc1. The fourth-order valence-electron chi connectivity index (χ4n) is 2.67. The van der Waals surface area contributed by atoms with Crippen LogP contribution in [0.3, 0.4) is 0 Å². The number of carbonyl (C=O) groups is 1. The van der Waals surface area contributed by atoms with Gasteiger partial charge < -0.3 is 14.6 Å². The van der Waals surface area contributed by atoms with Gasteiger partial charge in [-0.2, -0.15) is 4.31 Å². The second-order valence-corrected chi connectivity index (χ2v) is 7.41. The molecule has 0 radical (unpaired) electrons. The van der Waals surface area contributed by atoms with E-state index in [9.17, 15) is 13.2 Å². The lowest BCUT2D eigenvalue weighted by Crippen LogP contribution is -2.50. The number of methoxy groups -OCH3 is 1. The molecule has 8 heteroatoms. The fraction of sp³-hybridized carbons (Fsp3) is 0.312. The second kappa shape index (κ2) is 6.66. The first-order valence-electron chi connectivity index (χ1n) is 7.58. The van der Waals surface area contributed by atoms with E-state index in [0.29, 0.717) is 24.4 Å². The summed E-state index contributed by atoms with van der Waals surface area (Å²) in [5.41, 5.74) is 0.585. The highest BCUT2D eigenvalue weighted by molar-refractivity contribution is 7.89. The van der Waals surface area contributed by atoms with Gasteiger partial charge in [0.05, 0.1) is 17.6 Å². The van der Waals surface area contributed by atoms with Gasteiger partial charge in [0.25, 0.3) is 5.91 Å². The number of rotatable bonds is 4. The van der Waals surface area contributed by atoms with E-state index in [0.717, 1.165) is 0 Å². The summed E-state index contributed by atoms with van der Waals surface area (Å²) >= 11 is 0. The van der Waals surface area contributed by atoms with Crippen LogP contribution in [-0.4, -0.2) is 61.8 Å². The van der Waals surface area contributed by atoms with Crippen molar-refractivity contribution in [1.82, 2.24) is 14.2 Å². The van der Waals surface area contributed by atoms with Gasteiger partial charge in [0, 0.05) is 38.6 Å². The molecular weight excluding hydrogens is 330 g/mol. The van der Waals surface area contributed by atoms with Gasteiger partial charge in [0.2, 0.25) is 10.0 Å². The van der Waals surface area contributed by atoms with E-state index < -0.39 is 10.0 Å². The van der Waals surface area contributed by atoms with E-state index in [1.54, 1.807) is 35.5 Å². The van der Waals surface area contributed by atoms with Crippen molar-refractivity contribution in [2.45, 2.75) is 4.90 Å². The maximum absolute atomic E-state index is 12.7. The van der Waals surface area contributed by atoms with Crippen molar-refractivity contribution in [2.75, 3.05) is 33.3 Å². The number of hydrogen-bond donors (Lipinski definition) is 1. The van der Waals surface area contributed by atoms with Crippen LogP contribution in [0, 0.1) is 0 Å². The molecule has 24 heavy (non-hydrogen) atoms. The number of sulfonamides is 1. The molecule has 2 heterocycles. The zero-order valence-corrected chi connectivity index (χ0v) is 14.1. The third-order valence-electron chi connectivity index (χ3n) is 4.07. The summed E-state index contributed by atoms with van der Waals surface area (Å²) in [5, 5.41) is 0. The minimum Gasteiger partial charge on any atom is -0.497 e. The first-order chi connectivity index (χ1) is 11.5. The van der Waals surface area contributed by atoms with E-state index in [-0.39, 0.29) is 23.9 Å². The molecule has 1 amide bonds. The Balaban J connectivity index is 1.68. The van der Waals surface area contributed by atoms with Gasteiger partial charge in [-0.1, -0.05) is 0 Å². The summed E-state index contributed by atoms with van der Waals surface area (Å²) in [6, 6.07) is 8.02. The van der Waals surface area contributed by atoms with Crippen LogP contribution in [0.2, 0.25) is 0 Å². The number of carbonyl (C=O) groups excluding carboxylic acids is 1. The molecule has 0 aliphatic carbocycles. The summed E-state index contributed by atoms with van der Waals surface area (Å²) in [4.78, 5) is 17.0. The monoisotopic (exact) mass is 349 g/mol. The van der Waals surface area contributed by atoms with Crippen LogP contribution < -0.4 is 4.74 Å². The minimum atomic E-state index is -3.56. The van der Waals surface area contributed by atoms with Crippen LogP contribution in [0.1, 0.15) is 10.4 Å². The molecule has 0 saturated carbocycles. The maximum Gasteiger partial charge on any atom is 0.255 e. The molecule has 0 atom stereocenters. The van der Waals surface area contributed by atoms with Crippen molar-refractivity contribution < 1.29 is 17.9 Å². The molecule has 3 rings (SSSR count). The number of benzene rings is 1. The predicted octanol–water partition coefficient (Wildman–Crippen LogP) is 1.17. The maximum atomic E-state index is 12.7. The van der Waals surface area contributed by atoms with Crippen LogP contribution in [0.25, 0.3) is 0 Å². The number of aromatic nitrogens is 1. The molecular formula is C16H19N3O4S. The van der Waals surface area contributed by atoms with E-state index in [2.05, 4.69) is 4.98 Å². The summed E-state index contributed by atoms with van der Waals surface area (Å²) in [6.07, 6.45) is 3.33. The van der Waals surface area contributed by atoms with Crippen LogP contribution in [0.15, 0.2) is 47.6 Å². The summed E-state index contributed by atoms with van der Waals surface area (Å²) in [6.45, 7) is 1.31. The molecule has 1 N–H and O–H groups in total. The summed E-state index contributed by atoms with van der Waals surface area (Å²) < 4.78 is 31.8. The first kappa shape index (κ1) is 16.5. The topological polar surface area (TPSA) is 82.7 Å². The van der Waals surface area contributed by atoms with Crippen molar-refractivity contribution in [3.63, 3.8) is 0 Å². The second-order valence-electron chi connectivity index (χ2n) is 5.47. The Bertz CT molecular complexity index is 792. The van der Waals surface area contributed by atoms with E-state index in [1.165, 1.54) is 23.5 Å². The standard InChI is InChI=1S/C16H19N3O4S/c1-23-14-2-4-15(5-3-14)24(21,22)19-10-8-18(9-11-19)16(20)13-6-7-17-12-13/h2-7,12,17H,8-11H2,1H3. The van der Waals surface area contributed by atoms with Gasteiger partial charge >= 0.3 is 0 Å². The lowest BCUT2D eigenvalue weighted by Gasteiger charge is -2.33.